The zero-order valence-corrected chi connectivity index (χ0v) is 22.9. The molecule has 0 spiro atoms. The molecule has 0 unspecified atom stereocenters. The van der Waals surface area contributed by atoms with Gasteiger partial charge in [-0.1, -0.05) is 42.5 Å². The van der Waals surface area contributed by atoms with Gasteiger partial charge in [0.25, 0.3) is 0 Å². The zero-order chi connectivity index (χ0) is 29.5. The largest absolute Gasteiger partial charge is 0.508 e. The van der Waals surface area contributed by atoms with Crippen molar-refractivity contribution < 1.29 is 41.9 Å². The molecule has 0 saturated carbocycles. The fourth-order valence-electron chi connectivity index (χ4n) is 4.80. The second kappa shape index (κ2) is 10.7. The quantitative estimate of drug-likeness (QED) is 0.158. The summed E-state index contributed by atoms with van der Waals surface area (Å²) in [6.07, 6.45) is 0. The Hall–Kier alpha value is -4.15. The molecule has 1 saturated heterocycles. The molecule has 210 valence electrons. The Morgan fingerprint density at radius 1 is 0.878 bits per heavy atom. The molecule has 9 nitrogen and oxygen atoms in total. The number of rotatable bonds is 8. The summed E-state index contributed by atoms with van der Waals surface area (Å²) in [6.45, 7) is 0. The molecule has 1 aliphatic rings. The number of hydrogen-bond acceptors (Lipinski definition) is 6. The van der Waals surface area contributed by atoms with E-state index in [0.717, 1.165) is 12.1 Å². The molecule has 5 rings (SSSR count). The summed E-state index contributed by atoms with van der Waals surface area (Å²) in [5.74, 6) is -3.45. The standard InChI is InChI=1S/C29H23FNO8PS/c30-21-11-6-19(7-12-21)26(33)17-41(38,39)28-27(31(29(28)34)22-4-2-1-3-5-22)24-15-10-20(16-25(24)32)18-8-13-23(14-9-18)40(35,36)37/h1-16,27-28,32H,17H2,(H2,35,36,37)/t27-,28-/m1/s1. The predicted octanol–water partition coefficient (Wildman–Crippen LogP) is 3.76. The van der Waals surface area contributed by atoms with Crippen molar-refractivity contribution in [3.05, 3.63) is 114 Å². The van der Waals surface area contributed by atoms with Gasteiger partial charge >= 0.3 is 7.60 Å². The summed E-state index contributed by atoms with van der Waals surface area (Å²) in [6, 6.07) is 21.5. The number of sulfone groups is 1. The van der Waals surface area contributed by atoms with Crippen molar-refractivity contribution in [2.24, 2.45) is 0 Å². The van der Waals surface area contributed by atoms with Gasteiger partial charge in [0.15, 0.2) is 20.9 Å². The van der Waals surface area contributed by atoms with Crippen LogP contribution in [0.25, 0.3) is 11.1 Å². The molecule has 4 aromatic carbocycles. The molecule has 4 aromatic rings. The van der Waals surface area contributed by atoms with Gasteiger partial charge in [-0.25, -0.2) is 12.8 Å². The van der Waals surface area contributed by atoms with Crippen molar-refractivity contribution >= 4 is 40.1 Å². The van der Waals surface area contributed by atoms with Gasteiger partial charge in [0, 0.05) is 16.8 Å². The number of nitrogens with zero attached hydrogens (tertiary/aromatic N) is 1. The van der Waals surface area contributed by atoms with Crippen LogP contribution in [0.15, 0.2) is 97.1 Å². The first-order valence-electron chi connectivity index (χ1n) is 12.2. The van der Waals surface area contributed by atoms with Crippen molar-refractivity contribution in [3.8, 4) is 16.9 Å². The molecule has 12 heteroatoms. The normalized spacial score (nSPS) is 17.2. The van der Waals surface area contributed by atoms with Crippen molar-refractivity contribution in [1.29, 1.82) is 0 Å². The van der Waals surface area contributed by atoms with Gasteiger partial charge in [-0.2, -0.15) is 0 Å². The summed E-state index contributed by atoms with van der Waals surface area (Å²) in [4.78, 5) is 46.0. The first-order chi connectivity index (χ1) is 19.4. The summed E-state index contributed by atoms with van der Waals surface area (Å²) in [7, 11) is -8.82. The Labute approximate surface area is 234 Å². The fraction of sp³-hybridized carbons (Fsp3) is 0.103. The predicted molar refractivity (Wildman–Crippen MR) is 150 cm³/mol. The SMILES string of the molecule is O=C(CS(=O)(=O)[C@H]1C(=O)N(c2ccccc2)[C@@H]1c1ccc(-c2ccc(P(=O)(O)O)cc2)cc1O)c1ccc(F)cc1. The molecule has 3 N–H and O–H groups in total. The fourth-order valence-corrected chi connectivity index (χ4v) is 7.14. The second-order valence-corrected chi connectivity index (χ2v) is 13.2. The van der Waals surface area contributed by atoms with Crippen LogP contribution in [0, 0.1) is 5.82 Å². The highest BCUT2D eigenvalue weighted by molar-refractivity contribution is 7.93. The number of para-hydroxylation sites is 1. The monoisotopic (exact) mass is 595 g/mol. The number of phenols is 1. The van der Waals surface area contributed by atoms with E-state index in [9.17, 15) is 41.9 Å². The topological polar surface area (TPSA) is 149 Å². The van der Waals surface area contributed by atoms with E-state index in [2.05, 4.69) is 0 Å². The molecule has 1 heterocycles. The number of ketones is 1. The Morgan fingerprint density at radius 2 is 1.49 bits per heavy atom. The molecule has 2 atom stereocenters. The van der Waals surface area contributed by atoms with Gasteiger partial charge in [-0.05, 0) is 65.7 Å². The minimum absolute atomic E-state index is 0.0184. The van der Waals surface area contributed by atoms with Gasteiger partial charge < -0.3 is 19.8 Å². The van der Waals surface area contributed by atoms with Crippen LogP contribution in [0.5, 0.6) is 5.75 Å². The molecule has 1 aliphatic heterocycles. The first kappa shape index (κ1) is 28.4. The van der Waals surface area contributed by atoms with E-state index in [1.807, 2.05) is 0 Å². The molecule has 41 heavy (non-hydrogen) atoms. The van der Waals surface area contributed by atoms with Gasteiger partial charge in [-0.3, -0.25) is 14.2 Å². The Kier molecular flexibility index (Phi) is 7.39. The minimum Gasteiger partial charge on any atom is -0.508 e. The van der Waals surface area contributed by atoms with E-state index >= 15 is 0 Å². The number of aromatic hydroxyl groups is 1. The van der Waals surface area contributed by atoms with Crippen LogP contribution in [-0.2, 0) is 19.2 Å². The number of amides is 1. The molecule has 0 bridgehead atoms. The highest BCUT2D eigenvalue weighted by Gasteiger charge is 2.56. The number of carbonyl (C=O) groups excluding carboxylic acids is 2. The molecule has 0 aromatic heterocycles. The van der Waals surface area contributed by atoms with Crippen molar-refractivity contribution in [3.63, 3.8) is 0 Å². The number of carbonyl (C=O) groups is 2. The summed E-state index contributed by atoms with van der Waals surface area (Å²) in [5.41, 5.74) is 1.52. The highest BCUT2D eigenvalue weighted by atomic mass is 32.2. The lowest BCUT2D eigenvalue weighted by Crippen LogP contribution is -2.63. The third-order valence-electron chi connectivity index (χ3n) is 6.85. The van der Waals surface area contributed by atoms with Crippen LogP contribution >= 0.6 is 7.60 Å². The van der Waals surface area contributed by atoms with E-state index in [1.165, 1.54) is 53.4 Å². The zero-order valence-electron chi connectivity index (χ0n) is 21.2. The third-order valence-corrected chi connectivity index (χ3v) is 9.72. The number of hydrogen-bond donors (Lipinski definition) is 3. The number of phenolic OH excluding ortho intramolecular Hbond substituents is 1. The maximum absolute atomic E-state index is 13.5. The van der Waals surface area contributed by atoms with Gasteiger partial charge in [0.05, 0.1) is 11.3 Å². The van der Waals surface area contributed by atoms with Gasteiger partial charge in [-0.15, -0.1) is 0 Å². The Bertz CT molecular complexity index is 1790. The number of benzene rings is 4. The number of anilines is 1. The maximum Gasteiger partial charge on any atom is 0.356 e. The average molecular weight is 596 g/mol. The van der Waals surface area contributed by atoms with Crippen molar-refractivity contribution in [1.82, 2.24) is 0 Å². The van der Waals surface area contributed by atoms with Gasteiger partial charge in [0.1, 0.15) is 17.3 Å². The van der Waals surface area contributed by atoms with Crippen LogP contribution < -0.4 is 10.2 Å². The van der Waals surface area contributed by atoms with E-state index in [1.54, 1.807) is 36.4 Å². The van der Waals surface area contributed by atoms with Crippen LogP contribution in [0.1, 0.15) is 22.0 Å². The van der Waals surface area contributed by atoms with Crippen LogP contribution in [0.3, 0.4) is 0 Å². The summed E-state index contributed by atoms with van der Waals surface area (Å²) >= 11 is 0. The van der Waals surface area contributed by atoms with Crippen molar-refractivity contribution in [2.45, 2.75) is 11.3 Å². The van der Waals surface area contributed by atoms with Crippen molar-refractivity contribution in [2.75, 3.05) is 10.7 Å². The molecule has 1 fully saturated rings. The molecule has 1 amide bonds. The maximum atomic E-state index is 13.5. The lowest BCUT2D eigenvalue weighted by molar-refractivity contribution is -0.123. The van der Waals surface area contributed by atoms with Crippen LogP contribution in [0.2, 0.25) is 0 Å². The smallest absolute Gasteiger partial charge is 0.356 e. The lowest BCUT2D eigenvalue weighted by atomic mass is 9.90. The van der Waals surface area contributed by atoms with E-state index in [0.29, 0.717) is 16.8 Å². The van der Waals surface area contributed by atoms with Gasteiger partial charge in [0.2, 0.25) is 5.91 Å². The Balaban J connectivity index is 1.50. The Morgan fingerprint density at radius 3 is 2.07 bits per heavy atom. The van der Waals surface area contributed by atoms with Crippen LogP contribution in [0.4, 0.5) is 10.1 Å². The van der Waals surface area contributed by atoms with E-state index in [-0.39, 0.29) is 22.2 Å². The minimum atomic E-state index is -4.44. The number of halogens is 1. The highest BCUT2D eigenvalue weighted by Crippen LogP contribution is 2.46. The molecule has 0 aliphatic carbocycles. The van der Waals surface area contributed by atoms with E-state index in [4.69, 9.17) is 0 Å². The second-order valence-electron chi connectivity index (χ2n) is 9.51. The average Bonchev–Trinajstić information content (AvgIpc) is 2.92. The lowest BCUT2D eigenvalue weighted by Gasteiger charge is -2.46. The molecular weight excluding hydrogens is 572 g/mol. The summed E-state index contributed by atoms with van der Waals surface area (Å²) in [5, 5.41) is 9.20. The summed E-state index contributed by atoms with van der Waals surface area (Å²) < 4.78 is 51.7. The third kappa shape index (κ3) is 5.57. The first-order valence-corrected chi connectivity index (χ1v) is 15.6. The van der Waals surface area contributed by atoms with E-state index < -0.39 is 52.0 Å². The number of β-lactam (4-membered cyclic amide) rings is 1. The van der Waals surface area contributed by atoms with Crippen LogP contribution in [-0.4, -0.2) is 46.0 Å². The molecular formula is C29H23FNO8PS. The number of Topliss-reactive ketones (excluding diaryl/α,β-unsaturated/α-hetero) is 1. The molecule has 0 radical (unpaired) electrons.